The van der Waals surface area contributed by atoms with E-state index in [4.69, 9.17) is 10.5 Å². The number of nitrogens with one attached hydrogen (secondary N) is 1. The second-order valence-corrected chi connectivity index (χ2v) is 4.47. The summed E-state index contributed by atoms with van der Waals surface area (Å²) in [5.41, 5.74) is 7.05. The molecule has 1 saturated carbocycles. The molecule has 5 heteroatoms. The molecule has 1 aliphatic rings. The summed E-state index contributed by atoms with van der Waals surface area (Å²) in [6.45, 7) is 1.19. The highest BCUT2D eigenvalue weighted by Crippen LogP contribution is 2.27. The minimum atomic E-state index is -0.0701. The van der Waals surface area contributed by atoms with Gasteiger partial charge in [-0.25, -0.2) is 4.79 Å². The van der Waals surface area contributed by atoms with Crippen molar-refractivity contribution >= 4 is 17.4 Å². The van der Waals surface area contributed by atoms with E-state index >= 15 is 0 Å². The Balaban J connectivity index is 1.93. The number of carbonyl (C=O) groups excluding carboxylic acids is 1. The fraction of sp³-hybridized carbons (Fsp3) is 0.462. The second-order valence-electron chi connectivity index (χ2n) is 4.47. The van der Waals surface area contributed by atoms with Crippen LogP contribution in [0.5, 0.6) is 0 Å². The summed E-state index contributed by atoms with van der Waals surface area (Å²) in [6, 6.07) is 7.44. The molecule has 1 aliphatic carbocycles. The highest BCUT2D eigenvalue weighted by molar-refractivity contribution is 5.89. The van der Waals surface area contributed by atoms with Gasteiger partial charge in [-0.05, 0) is 37.1 Å². The van der Waals surface area contributed by atoms with Gasteiger partial charge in [0.1, 0.15) is 0 Å². The van der Waals surface area contributed by atoms with Crippen LogP contribution < -0.4 is 11.1 Å². The van der Waals surface area contributed by atoms with Crippen molar-refractivity contribution in [2.24, 2.45) is 0 Å². The first kappa shape index (κ1) is 12.7. The van der Waals surface area contributed by atoms with Crippen molar-refractivity contribution in [3.8, 4) is 0 Å². The molecule has 0 atom stereocenters. The second kappa shape index (κ2) is 5.73. The van der Waals surface area contributed by atoms with Gasteiger partial charge in [-0.1, -0.05) is 0 Å². The number of rotatable bonds is 5. The first-order chi connectivity index (χ1) is 8.70. The number of ether oxygens (including phenoxy) is 1. The number of benzene rings is 1. The van der Waals surface area contributed by atoms with Crippen molar-refractivity contribution in [1.29, 1.82) is 0 Å². The molecule has 0 saturated heterocycles. The molecule has 0 unspecified atom stereocenters. The van der Waals surface area contributed by atoms with Crippen molar-refractivity contribution in [2.45, 2.75) is 18.9 Å². The van der Waals surface area contributed by atoms with E-state index in [1.165, 1.54) is 0 Å². The number of nitrogens with two attached hydrogens (primary N) is 1. The van der Waals surface area contributed by atoms with Gasteiger partial charge in [0.25, 0.3) is 0 Å². The predicted molar refractivity (Wildman–Crippen MR) is 71.5 cm³/mol. The first-order valence-electron chi connectivity index (χ1n) is 6.13. The number of nitrogens with zero attached hydrogens (tertiary/aromatic N) is 1. The molecular weight excluding hydrogens is 230 g/mol. The van der Waals surface area contributed by atoms with Gasteiger partial charge in [0, 0.05) is 31.1 Å². The molecule has 98 valence electrons. The van der Waals surface area contributed by atoms with Crippen molar-refractivity contribution in [1.82, 2.24) is 4.90 Å². The summed E-state index contributed by atoms with van der Waals surface area (Å²) in [5.74, 6) is 0. The average molecular weight is 249 g/mol. The number of carbonyl (C=O) groups is 1. The average Bonchev–Trinajstić information content (AvgIpc) is 3.17. The molecule has 3 N–H and O–H groups in total. The fourth-order valence-electron chi connectivity index (χ4n) is 1.79. The molecule has 0 aromatic heterocycles. The van der Waals surface area contributed by atoms with Crippen LogP contribution in [-0.2, 0) is 4.74 Å². The third kappa shape index (κ3) is 3.37. The summed E-state index contributed by atoms with van der Waals surface area (Å²) in [4.78, 5) is 13.9. The zero-order chi connectivity index (χ0) is 13.0. The van der Waals surface area contributed by atoms with Crippen LogP contribution in [0.15, 0.2) is 24.3 Å². The Bertz CT molecular complexity index is 401. The van der Waals surface area contributed by atoms with Gasteiger partial charge in [0.05, 0.1) is 6.61 Å². The maximum Gasteiger partial charge on any atom is 0.322 e. The zero-order valence-electron chi connectivity index (χ0n) is 10.6. The molecule has 1 aromatic rings. The van der Waals surface area contributed by atoms with E-state index in [0.717, 1.165) is 18.5 Å². The van der Waals surface area contributed by atoms with E-state index in [1.54, 1.807) is 31.4 Å². The third-order valence-corrected chi connectivity index (χ3v) is 2.95. The molecule has 0 aliphatic heterocycles. The Morgan fingerprint density at radius 3 is 2.67 bits per heavy atom. The topological polar surface area (TPSA) is 67.6 Å². The summed E-state index contributed by atoms with van der Waals surface area (Å²) in [5, 5.41) is 2.88. The lowest BCUT2D eigenvalue weighted by Crippen LogP contribution is -2.38. The van der Waals surface area contributed by atoms with E-state index in [0.29, 0.717) is 24.9 Å². The zero-order valence-corrected chi connectivity index (χ0v) is 10.6. The van der Waals surface area contributed by atoms with Gasteiger partial charge in [0.2, 0.25) is 0 Å². The van der Waals surface area contributed by atoms with Gasteiger partial charge in [-0.2, -0.15) is 0 Å². The first-order valence-corrected chi connectivity index (χ1v) is 6.13. The molecule has 0 bridgehead atoms. The van der Waals surface area contributed by atoms with E-state index in [1.807, 2.05) is 4.90 Å². The van der Waals surface area contributed by atoms with Crippen LogP contribution in [0, 0.1) is 0 Å². The lowest BCUT2D eigenvalue weighted by atomic mass is 10.3. The van der Waals surface area contributed by atoms with Crippen LogP contribution in [0.4, 0.5) is 16.2 Å². The third-order valence-electron chi connectivity index (χ3n) is 2.95. The standard InChI is InChI=1S/C13H19N3O2/c1-18-9-8-16(12-6-7-12)13(17)15-11-4-2-10(14)3-5-11/h2-5,12H,6-9,14H2,1H3,(H,15,17). The summed E-state index contributed by atoms with van der Waals surface area (Å²) in [6.07, 6.45) is 2.16. The Labute approximate surface area is 107 Å². The molecular formula is C13H19N3O2. The smallest absolute Gasteiger partial charge is 0.322 e. The molecule has 0 heterocycles. The van der Waals surface area contributed by atoms with E-state index in [9.17, 15) is 4.79 Å². The van der Waals surface area contributed by atoms with Gasteiger partial charge in [0.15, 0.2) is 0 Å². The Morgan fingerprint density at radius 1 is 1.44 bits per heavy atom. The molecule has 0 radical (unpaired) electrons. The van der Waals surface area contributed by atoms with Gasteiger partial charge >= 0.3 is 6.03 Å². The Kier molecular flexibility index (Phi) is 4.04. The Morgan fingerprint density at radius 2 is 2.11 bits per heavy atom. The number of hydrogen-bond donors (Lipinski definition) is 2. The normalized spacial score (nSPS) is 14.3. The summed E-state index contributed by atoms with van der Waals surface area (Å²) in [7, 11) is 1.64. The van der Waals surface area contributed by atoms with Crippen LogP contribution in [0.1, 0.15) is 12.8 Å². The minimum Gasteiger partial charge on any atom is -0.399 e. The highest BCUT2D eigenvalue weighted by atomic mass is 16.5. The highest BCUT2D eigenvalue weighted by Gasteiger charge is 2.32. The number of hydrogen-bond acceptors (Lipinski definition) is 3. The van der Waals surface area contributed by atoms with E-state index in [-0.39, 0.29) is 6.03 Å². The molecule has 1 aromatic carbocycles. The maximum atomic E-state index is 12.1. The monoisotopic (exact) mass is 249 g/mol. The number of amides is 2. The molecule has 5 nitrogen and oxygen atoms in total. The van der Waals surface area contributed by atoms with Crippen LogP contribution in [0.2, 0.25) is 0 Å². The SMILES string of the molecule is COCCN(C(=O)Nc1ccc(N)cc1)C1CC1. The number of urea groups is 1. The number of anilines is 2. The molecule has 0 spiro atoms. The van der Waals surface area contributed by atoms with Gasteiger partial charge < -0.3 is 20.7 Å². The lowest BCUT2D eigenvalue weighted by molar-refractivity contribution is 0.152. The predicted octanol–water partition coefficient (Wildman–Crippen LogP) is 1.91. The molecule has 18 heavy (non-hydrogen) atoms. The maximum absolute atomic E-state index is 12.1. The summed E-state index contributed by atoms with van der Waals surface area (Å²) < 4.78 is 5.03. The van der Waals surface area contributed by atoms with E-state index < -0.39 is 0 Å². The number of methoxy groups -OCH3 is 1. The van der Waals surface area contributed by atoms with Crippen molar-refractivity contribution in [3.63, 3.8) is 0 Å². The van der Waals surface area contributed by atoms with Crippen LogP contribution in [0.25, 0.3) is 0 Å². The van der Waals surface area contributed by atoms with Crippen molar-refractivity contribution in [3.05, 3.63) is 24.3 Å². The molecule has 1 fully saturated rings. The van der Waals surface area contributed by atoms with Gasteiger partial charge in [-0.15, -0.1) is 0 Å². The van der Waals surface area contributed by atoms with Crippen molar-refractivity contribution < 1.29 is 9.53 Å². The van der Waals surface area contributed by atoms with Crippen LogP contribution >= 0.6 is 0 Å². The van der Waals surface area contributed by atoms with Gasteiger partial charge in [-0.3, -0.25) is 0 Å². The number of nitrogen functional groups attached to an aromatic ring is 1. The molecule has 2 rings (SSSR count). The largest absolute Gasteiger partial charge is 0.399 e. The Hall–Kier alpha value is -1.75. The summed E-state index contributed by atoms with van der Waals surface area (Å²) >= 11 is 0. The fourth-order valence-corrected chi connectivity index (χ4v) is 1.79. The molecule has 2 amide bonds. The minimum absolute atomic E-state index is 0.0701. The van der Waals surface area contributed by atoms with Crippen LogP contribution in [-0.4, -0.2) is 37.2 Å². The quantitative estimate of drug-likeness (QED) is 0.783. The van der Waals surface area contributed by atoms with Crippen LogP contribution in [0.3, 0.4) is 0 Å². The lowest BCUT2D eigenvalue weighted by Gasteiger charge is -2.22. The van der Waals surface area contributed by atoms with E-state index in [2.05, 4.69) is 5.32 Å². The van der Waals surface area contributed by atoms with Crippen molar-refractivity contribution in [2.75, 3.05) is 31.3 Å².